The van der Waals surface area contributed by atoms with Crippen LogP contribution in [0.2, 0.25) is 0 Å². The van der Waals surface area contributed by atoms with Crippen LogP contribution in [0, 0.1) is 13.8 Å². The number of para-hydroxylation sites is 1. The molecule has 0 saturated heterocycles. The van der Waals surface area contributed by atoms with E-state index in [0.717, 1.165) is 11.1 Å². The zero-order valence-electron chi connectivity index (χ0n) is 67.4. The Bertz CT molecular complexity index is 1610. The SMILES string of the molecule is CCCCCCCCCCCCCCCCCCN(C)CCCCCCCCCCCCCCCCCC.CCCCCCCCCCCCCCCCCCN(C)CCCCCCCCCCCCCCCCCC.Cc1ccc(OB(O)O)cc1.Cc1ccccc1OB(O)O. The van der Waals surface area contributed by atoms with E-state index in [4.69, 9.17) is 20.1 Å². The fourth-order valence-corrected chi connectivity index (χ4v) is 13.5. The van der Waals surface area contributed by atoms with Gasteiger partial charge in [-0.05, 0) is 104 Å². The molecule has 2 aromatic carbocycles. The van der Waals surface area contributed by atoms with Crippen LogP contribution in [0.4, 0.5) is 0 Å². The molecule has 0 aliphatic heterocycles. The lowest BCUT2D eigenvalue weighted by atomic mass is 10.0. The summed E-state index contributed by atoms with van der Waals surface area (Å²) in [6.45, 7) is 18.3. The van der Waals surface area contributed by atoms with Crippen molar-refractivity contribution in [1.29, 1.82) is 0 Å². The predicted octanol–water partition coefficient (Wildman–Crippen LogP) is 27.6. The maximum atomic E-state index is 8.46. The van der Waals surface area contributed by atoms with Gasteiger partial charge in [0.1, 0.15) is 11.5 Å². The molecule has 576 valence electrons. The first-order valence-corrected chi connectivity index (χ1v) is 43.5. The first-order valence-electron chi connectivity index (χ1n) is 43.5. The Morgan fingerprint density at radius 3 is 0.612 bits per heavy atom. The summed E-state index contributed by atoms with van der Waals surface area (Å²) >= 11 is 0. The molecule has 0 heterocycles. The van der Waals surface area contributed by atoms with E-state index in [-0.39, 0.29) is 0 Å². The quantitative estimate of drug-likeness (QED) is 0.0383. The molecule has 0 amide bonds. The minimum atomic E-state index is -1.74. The van der Waals surface area contributed by atoms with Gasteiger partial charge < -0.3 is 39.2 Å². The van der Waals surface area contributed by atoms with Gasteiger partial charge in [0.05, 0.1) is 0 Å². The maximum Gasteiger partial charge on any atom is 0.707 e. The second-order valence-corrected chi connectivity index (χ2v) is 30.3. The summed E-state index contributed by atoms with van der Waals surface area (Å²) in [4.78, 5) is 5.18. The Hall–Kier alpha value is -2.07. The van der Waals surface area contributed by atoms with Gasteiger partial charge in [-0.2, -0.15) is 0 Å². The second kappa shape index (κ2) is 83.9. The van der Waals surface area contributed by atoms with E-state index in [1.54, 1.807) is 24.3 Å². The Balaban J connectivity index is 0. The van der Waals surface area contributed by atoms with Crippen LogP contribution in [-0.2, 0) is 0 Å². The molecule has 0 unspecified atom stereocenters. The minimum absolute atomic E-state index is 0.450. The summed E-state index contributed by atoms with van der Waals surface area (Å²) in [6.07, 6.45) is 93.6. The highest BCUT2D eigenvalue weighted by Gasteiger charge is 2.12. The van der Waals surface area contributed by atoms with Crippen molar-refractivity contribution >= 4 is 14.6 Å². The molecular weight excluding hydrogens is 1200 g/mol. The number of hydrogen-bond acceptors (Lipinski definition) is 8. The van der Waals surface area contributed by atoms with E-state index in [0.29, 0.717) is 11.5 Å². The van der Waals surface area contributed by atoms with Crippen molar-refractivity contribution in [3.63, 3.8) is 0 Å². The monoisotopic (exact) mass is 1380 g/mol. The summed E-state index contributed by atoms with van der Waals surface area (Å²) in [5, 5.41) is 33.7. The molecule has 0 fully saturated rings. The van der Waals surface area contributed by atoms with E-state index < -0.39 is 14.6 Å². The average molecular weight is 1380 g/mol. The highest BCUT2D eigenvalue weighted by Crippen LogP contribution is 2.21. The molecule has 0 bridgehead atoms. The summed E-state index contributed by atoms with van der Waals surface area (Å²) < 4.78 is 9.24. The van der Waals surface area contributed by atoms with Crippen molar-refractivity contribution in [2.24, 2.45) is 0 Å². The van der Waals surface area contributed by atoms with Crippen LogP contribution >= 0.6 is 0 Å². The topological polar surface area (TPSA) is 106 Å². The Morgan fingerprint density at radius 2 is 0.429 bits per heavy atom. The van der Waals surface area contributed by atoms with Crippen molar-refractivity contribution in [3.8, 4) is 11.5 Å². The molecule has 0 atom stereocenters. The van der Waals surface area contributed by atoms with E-state index in [1.807, 2.05) is 38.1 Å². The van der Waals surface area contributed by atoms with Gasteiger partial charge in [-0.15, -0.1) is 0 Å². The second-order valence-electron chi connectivity index (χ2n) is 30.3. The molecule has 0 saturated carbocycles. The molecule has 0 aromatic heterocycles. The molecule has 8 nitrogen and oxygen atoms in total. The smallest absolute Gasteiger partial charge is 0.512 e. The molecule has 0 radical (unpaired) electrons. The van der Waals surface area contributed by atoms with Crippen LogP contribution in [0.1, 0.15) is 450 Å². The number of rotatable bonds is 72. The fourth-order valence-electron chi connectivity index (χ4n) is 13.5. The zero-order chi connectivity index (χ0) is 71.8. The van der Waals surface area contributed by atoms with Crippen molar-refractivity contribution in [2.75, 3.05) is 40.3 Å². The first kappa shape index (κ1) is 98.0. The molecule has 98 heavy (non-hydrogen) atoms. The van der Waals surface area contributed by atoms with Gasteiger partial charge >= 0.3 is 14.6 Å². The van der Waals surface area contributed by atoms with Crippen LogP contribution in [0.3, 0.4) is 0 Å². The number of nitrogens with zero attached hydrogens (tertiary/aromatic N) is 2. The van der Waals surface area contributed by atoms with Gasteiger partial charge in [-0.25, -0.2) is 0 Å². The molecule has 2 rings (SSSR count). The highest BCUT2D eigenvalue weighted by molar-refractivity contribution is 6.34. The lowest BCUT2D eigenvalue weighted by Gasteiger charge is -2.16. The summed E-state index contributed by atoms with van der Waals surface area (Å²) in [7, 11) is 1.21. The van der Waals surface area contributed by atoms with E-state index in [2.05, 4.69) is 60.9 Å². The van der Waals surface area contributed by atoms with Gasteiger partial charge in [0, 0.05) is 0 Å². The Labute approximate surface area is 614 Å². The van der Waals surface area contributed by atoms with Crippen LogP contribution < -0.4 is 9.31 Å². The zero-order valence-corrected chi connectivity index (χ0v) is 67.4. The van der Waals surface area contributed by atoms with Gasteiger partial charge in [-0.3, -0.25) is 0 Å². The molecular formula is C88H172B2N2O6. The van der Waals surface area contributed by atoms with Crippen LogP contribution in [0.25, 0.3) is 0 Å². The van der Waals surface area contributed by atoms with Crippen LogP contribution in [0.5, 0.6) is 11.5 Å². The Kier molecular flexibility index (Phi) is 83.9. The van der Waals surface area contributed by atoms with Crippen LogP contribution in [0.15, 0.2) is 48.5 Å². The third kappa shape index (κ3) is 82.9. The molecule has 0 aliphatic rings. The molecule has 0 aliphatic carbocycles. The number of unbranched alkanes of at least 4 members (excludes halogenated alkanes) is 60. The maximum absolute atomic E-state index is 8.46. The van der Waals surface area contributed by atoms with E-state index in [1.165, 1.54) is 437 Å². The first-order chi connectivity index (χ1) is 48.0. The largest absolute Gasteiger partial charge is 0.707 e. The van der Waals surface area contributed by atoms with Gasteiger partial charge in [0.15, 0.2) is 0 Å². The fraction of sp³-hybridized carbons (Fsp3) is 0.864. The van der Waals surface area contributed by atoms with Crippen molar-refractivity contribution < 1.29 is 29.4 Å². The van der Waals surface area contributed by atoms with E-state index in [9.17, 15) is 0 Å². The molecule has 0 spiro atoms. The number of hydrogen-bond donors (Lipinski definition) is 4. The highest BCUT2D eigenvalue weighted by atomic mass is 16.6. The third-order valence-electron chi connectivity index (χ3n) is 20.2. The van der Waals surface area contributed by atoms with Gasteiger partial charge in [-0.1, -0.05) is 449 Å². The van der Waals surface area contributed by atoms with Crippen molar-refractivity contribution in [3.05, 3.63) is 59.7 Å². The molecule has 2 aromatic rings. The number of aryl methyl sites for hydroxylation is 2. The van der Waals surface area contributed by atoms with Crippen LogP contribution in [-0.4, -0.2) is 84.8 Å². The summed E-state index contributed by atoms with van der Waals surface area (Å²) in [5.41, 5.74) is 1.98. The molecule has 4 N–H and O–H groups in total. The standard InChI is InChI=1S/2C37H77N.2C7H9BO3/c2*1-4-6-8-10-12-14-16-18-20-22-24-26-28-30-32-34-36-38(3)37-35-33-31-29-27-25-23-21-19-17-15-13-11-9-7-5-2;1-6-2-4-7(5-3-6)11-8(9)10;1-6-4-2-3-5-7(6)11-8(9)10/h2*4-37H2,1-3H3;2*2-5,9-10H,1H3. The lowest BCUT2D eigenvalue weighted by molar-refractivity contribution is 0.286. The number of benzene rings is 2. The third-order valence-corrected chi connectivity index (χ3v) is 20.2. The molecule has 10 heteroatoms. The van der Waals surface area contributed by atoms with Crippen molar-refractivity contribution in [1.82, 2.24) is 9.80 Å². The minimum Gasteiger partial charge on any atom is -0.512 e. The predicted molar refractivity (Wildman–Crippen MR) is 437 cm³/mol. The van der Waals surface area contributed by atoms with Gasteiger partial charge in [0.2, 0.25) is 0 Å². The average Bonchev–Trinajstić information content (AvgIpc) is 1.30. The van der Waals surface area contributed by atoms with Gasteiger partial charge in [0.25, 0.3) is 0 Å². The Morgan fingerprint density at radius 1 is 0.245 bits per heavy atom. The van der Waals surface area contributed by atoms with Crippen molar-refractivity contribution in [2.45, 2.75) is 452 Å². The summed E-state index contributed by atoms with van der Waals surface area (Å²) in [5.74, 6) is 0.938. The normalized spacial score (nSPS) is 11.2. The lowest BCUT2D eigenvalue weighted by Crippen LogP contribution is -2.20. The summed E-state index contributed by atoms with van der Waals surface area (Å²) in [6, 6.07) is 14.1. The van der Waals surface area contributed by atoms with E-state index >= 15 is 0 Å².